The topological polar surface area (TPSA) is 54.9 Å². The number of fused-ring (bicyclic) bond motifs is 1. The Balaban J connectivity index is 0.00000300. The molecule has 0 bridgehead atoms. The number of aliphatic imine (C=N–C) groups is 1. The van der Waals surface area contributed by atoms with Gasteiger partial charge < -0.3 is 20.1 Å². The highest BCUT2D eigenvalue weighted by Crippen LogP contribution is 2.24. The number of rotatable bonds is 8. The number of nitrogens with zero attached hydrogens (tertiary/aromatic N) is 1. The number of hydrogen-bond acceptors (Lipinski definition) is 3. The predicted molar refractivity (Wildman–Crippen MR) is 130 cm³/mol. The Kier molecular flexibility index (Phi) is 11.3. The van der Waals surface area contributed by atoms with Crippen molar-refractivity contribution >= 4 is 29.9 Å². The molecule has 5 nitrogen and oxygen atoms in total. The minimum atomic E-state index is 0. The summed E-state index contributed by atoms with van der Waals surface area (Å²) in [6.45, 7) is 6.51. The third-order valence-corrected chi connectivity index (χ3v) is 5.90. The zero-order chi connectivity index (χ0) is 19.6. The first kappa shape index (κ1) is 24.4. The van der Waals surface area contributed by atoms with Gasteiger partial charge in [-0.2, -0.15) is 0 Å². The van der Waals surface area contributed by atoms with Crippen molar-refractivity contribution in [3.8, 4) is 0 Å². The van der Waals surface area contributed by atoms with Gasteiger partial charge in [-0.15, -0.1) is 24.0 Å². The van der Waals surface area contributed by atoms with Gasteiger partial charge in [0.15, 0.2) is 5.96 Å². The highest BCUT2D eigenvalue weighted by atomic mass is 127. The van der Waals surface area contributed by atoms with Crippen LogP contribution in [0, 0.1) is 5.92 Å². The number of guanidine groups is 1. The number of benzene rings is 1. The Morgan fingerprint density at radius 3 is 2.72 bits per heavy atom. The van der Waals surface area contributed by atoms with E-state index in [0.717, 1.165) is 58.2 Å². The summed E-state index contributed by atoms with van der Waals surface area (Å²) in [5.41, 5.74) is 4.40. The molecule has 1 aliphatic heterocycles. The van der Waals surface area contributed by atoms with Crippen LogP contribution >= 0.6 is 24.0 Å². The van der Waals surface area contributed by atoms with Gasteiger partial charge in [-0.25, -0.2) is 0 Å². The molecular weight excluding hydrogens is 477 g/mol. The van der Waals surface area contributed by atoms with Crippen LogP contribution in [-0.4, -0.2) is 46.0 Å². The second-order valence-electron chi connectivity index (χ2n) is 8.08. The predicted octanol–water partition coefficient (Wildman–Crippen LogP) is 4.24. The van der Waals surface area contributed by atoms with Crippen molar-refractivity contribution in [1.29, 1.82) is 0 Å². The van der Waals surface area contributed by atoms with E-state index in [1.54, 1.807) is 0 Å². The first-order chi connectivity index (χ1) is 13.8. The summed E-state index contributed by atoms with van der Waals surface area (Å²) in [6.07, 6.45) is 8.35. The fourth-order valence-electron chi connectivity index (χ4n) is 4.05. The largest absolute Gasteiger partial charge is 0.381 e. The molecule has 2 N–H and O–H groups in total. The molecule has 1 unspecified atom stereocenters. The van der Waals surface area contributed by atoms with Gasteiger partial charge in [0.05, 0.1) is 6.04 Å². The number of nitrogens with one attached hydrogen (secondary N) is 2. The molecular formula is C23H38IN3O2. The summed E-state index contributed by atoms with van der Waals surface area (Å²) < 4.78 is 11.2. The van der Waals surface area contributed by atoms with Crippen molar-refractivity contribution < 1.29 is 9.47 Å². The standard InChI is InChI=1S/C23H37N3O2.HI/c1-18(21-9-8-20-6-3-4-7-22(20)16-21)26-23(24-2)25-12-5-13-28-17-19-10-14-27-15-11-19;/h8-9,16,18-19H,3-7,10-15,17H2,1-2H3,(H2,24,25,26);1H. The van der Waals surface area contributed by atoms with Crippen LogP contribution in [0.5, 0.6) is 0 Å². The van der Waals surface area contributed by atoms with Crippen molar-refractivity contribution in [2.75, 3.05) is 40.0 Å². The monoisotopic (exact) mass is 515 g/mol. The second kappa shape index (κ2) is 13.4. The van der Waals surface area contributed by atoms with E-state index in [2.05, 4.69) is 40.7 Å². The number of halogens is 1. The van der Waals surface area contributed by atoms with Gasteiger partial charge in [-0.05, 0) is 74.5 Å². The molecule has 0 radical (unpaired) electrons. The van der Waals surface area contributed by atoms with Crippen LogP contribution in [0.25, 0.3) is 0 Å². The van der Waals surface area contributed by atoms with Crippen LogP contribution < -0.4 is 10.6 Å². The lowest BCUT2D eigenvalue weighted by atomic mass is 9.89. The molecule has 1 fully saturated rings. The molecule has 1 aromatic carbocycles. The average molecular weight is 515 g/mol. The highest BCUT2D eigenvalue weighted by molar-refractivity contribution is 14.0. The molecule has 1 aromatic rings. The van der Waals surface area contributed by atoms with Crippen LogP contribution in [0.2, 0.25) is 0 Å². The molecule has 0 amide bonds. The van der Waals surface area contributed by atoms with Crippen LogP contribution in [0.3, 0.4) is 0 Å². The Morgan fingerprint density at radius 2 is 1.97 bits per heavy atom. The van der Waals surface area contributed by atoms with Crippen molar-refractivity contribution in [3.63, 3.8) is 0 Å². The summed E-state index contributed by atoms with van der Waals surface area (Å²) in [6, 6.07) is 7.19. The van der Waals surface area contributed by atoms with Gasteiger partial charge in [-0.1, -0.05) is 18.2 Å². The summed E-state index contributed by atoms with van der Waals surface area (Å²) in [5, 5.41) is 6.93. The Hall–Kier alpha value is -0.860. The maximum absolute atomic E-state index is 5.84. The minimum absolute atomic E-state index is 0. The van der Waals surface area contributed by atoms with Gasteiger partial charge in [0, 0.05) is 40.0 Å². The molecule has 0 spiro atoms. The molecule has 0 aromatic heterocycles. The van der Waals surface area contributed by atoms with E-state index < -0.39 is 0 Å². The first-order valence-corrected chi connectivity index (χ1v) is 11.0. The quantitative estimate of drug-likeness (QED) is 0.235. The maximum atomic E-state index is 5.84. The lowest BCUT2D eigenvalue weighted by Crippen LogP contribution is -2.39. The van der Waals surface area contributed by atoms with E-state index in [-0.39, 0.29) is 30.0 Å². The van der Waals surface area contributed by atoms with E-state index in [0.29, 0.717) is 5.92 Å². The van der Waals surface area contributed by atoms with Crippen LogP contribution in [0.1, 0.15) is 61.8 Å². The fourth-order valence-corrected chi connectivity index (χ4v) is 4.05. The molecule has 0 saturated carbocycles. The molecule has 1 saturated heterocycles. The first-order valence-electron chi connectivity index (χ1n) is 11.0. The zero-order valence-electron chi connectivity index (χ0n) is 18.0. The molecule has 1 heterocycles. The van der Waals surface area contributed by atoms with Gasteiger partial charge in [-0.3, -0.25) is 4.99 Å². The average Bonchev–Trinajstić information content (AvgIpc) is 2.75. The third-order valence-electron chi connectivity index (χ3n) is 5.90. The van der Waals surface area contributed by atoms with Gasteiger partial charge in [0.25, 0.3) is 0 Å². The highest BCUT2D eigenvalue weighted by Gasteiger charge is 2.14. The second-order valence-corrected chi connectivity index (χ2v) is 8.08. The van der Waals surface area contributed by atoms with Crippen molar-refractivity contribution in [3.05, 3.63) is 34.9 Å². The van der Waals surface area contributed by atoms with E-state index in [1.165, 1.54) is 42.4 Å². The van der Waals surface area contributed by atoms with Crippen molar-refractivity contribution in [1.82, 2.24) is 10.6 Å². The lowest BCUT2D eigenvalue weighted by molar-refractivity contribution is 0.0203. The summed E-state index contributed by atoms with van der Waals surface area (Å²) in [4.78, 5) is 4.37. The Morgan fingerprint density at radius 1 is 1.21 bits per heavy atom. The van der Waals surface area contributed by atoms with Crippen LogP contribution in [-0.2, 0) is 22.3 Å². The zero-order valence-corrected chi connectivity index (χ0v) is 20.4. The molecule has 2 aliphatic rings. The van der Waals surface area contributed by atoms with Crippen molar-refractivity contribution in [2.45, 2.75) is 57.9 Å². The molecule has 1 aliphatic carbocycles. The summed E-state index contributed by atoms with van der Waals surface area (Å²) in [7, 11) is 1.83. The number of ether oxygens (including phenoxy) is 2. The normalized spacial score (nSPS) is 18.5. The maximum Gasteiger partial charge on any atom is 0.191 e. The van der Waals surface area contributed by atoms with Gasteiger partial charge in [0.1, 0.15) is 0 Å². The molecule has 29 heavy (non-hydrogen) atoms. The van der Waals surface area contributed by atoms with Crippen LogP contribution in [0.4, 0.5) is 0 Å². The summed E-state index contributed by atoms with van der Waals surface area (Å²) >= 11 is 0. The smallest absolute Gasteiger partial charge is 0.191 e. The minimum Gasteiger partial charge on any atom is -0.381 e. The van der Waals surface area contributed by atoms with Gasteiger partial charge in [0.2, 0.25) is 0 Å². The Bertz CT molecular complexity index is 633. The van der Waals surface area contributed by atoms with E-state index >= 15 is 0 Å². The van der Waals surface area contributed by atoms with Crippen LogP contribution in [0.15, 0.2) is 23.2 Å². The molecule has 3 rings (SSSR count). The number of aryl methyl sites for hydroxylation is 2. The van der Waals surface area contributed by atoms with Crippen molar-refractivity contribution in [2.24, 2.45) is 10.9 Å². The SMILES string of the molecule is CN=C(NCCCOCC1CCOCC1)NC(C)c1ccc2c(c1)CCCC2.I. The van der Waals surface area contributed by atoms with Gasteiger partial charge >= 0.3 is 0 Å². The fraction of sp³-hybridized carbons (Fsp3) is 0.696. The number of hydrogen-bond donors (Lipinski definition) is 2. The molecule has 164 valence electrons. The summed E-state index contributed by atoms with van der Waals surface area (Å²) in [5.74, 6) is 1.53. The van der Waals surface area contributed by atoms with E-state index in [4.69, 9.17) is 9.47 Å². The Labute approximate surface area is 193 Å². The lowest BCUT2D eigenvalue weighted by Gasteiger charge is -2.22. The molecule has 6 heteroatoms. The van der Waals surface area contributed by atoms with E-state index in [9.17, 15) is 0 Å². The third kappa shape index (κ3) is 8.06. The molecule has 1 atom stereocenters. The van der Waals surface area contributed by atoms with E-state index in [1.807, 2.05) is 7.05 Å².